The zero-order chi connectivity index (χ0) is 19.8. The minimum absolute atomic E-state index is 0.0516. The van der Waals surface area contributed by atoms with Crippen LogP contribution >= 0.6 is 12.2 Å². The van der Waals surface area contributed by atoms with Gasteiger partial charge in [-0.2, -0.15) is 8.78 Å². The number of alkyl halides is 2. The van der Waals surface area contributed by atoms with Crippen molar-refractivity contribution in [1.82, 2.24) is 5.32 Å². The highest BCUT2D eigenvalue weighted by atomic mass is 32.1. The minimum Gasteiger partial charge on any atom is -0.435 e. The van der Waals surface area contributed by atoms with Gasteiger partial charge >= 0.3 is 6.61 Å². The smallest absolute Gasteiger partial charge is 0.387 e. The molecule has 5 nitrogen and oxygen atoms in total. The highest BCUT2D eigenvalue weighted by molar-refractivity contribution is 7.80. The van der Waals surface area contributed by atoms with Gasteiger partial charge in [-0.1, -0.05) is 30.3 Å². The van der Waals surface area contributed by atoms with E-state index in [1.165, 1.54) is 17.0 Å². The van der Waals surface area contributed by atoms with Crippen molar-refractivity contribution in [3.63, 3.8) is 0 Å². The van der Waals surface area contributed by atoms with Crippen LogP contribution in [0, 0.1) is 0 Å². The molecule has 3 N–H and O–H groups in total. The van der Waals surface area contributed by atoms with Crippen LogP contribution in [0.2, 0.25) is 0 Å². The van der Waals surface area contributed by atoms with Gasteiger partial charge in [0.1, 0.15) is 31.4 Å². The number of quaternary nitrogens is 1. The Balaban J connectivity index is 1.61. The first kappa shape index (κ1) is 20.4. The third kappa shape index (κ3) is 6.40. The third-order valence-electron chi connectivity index (χ3n) is 4.54. The Morgan fingerprint density at radius 1 is 1.07 bits per heavy atom. The van der Waals surface area contributed by atoms with Crippen LogP contribution in [0.15, 0.2) is 54.6 Å². The maximum Gasteiger partial charge on any atom is 0.387 e. The second-order valence-electron chi connectivity index (χ2n) is 6.53. The van der Waals surface area contributed by atoms with E-state index in [9.17, 15) is 8.78 Å². The molecule has 0 spiro atoms. The molecule has 0 radical (unpaired) electrons. The third-order valence-corrected chi connectivity index (χ3v) is 4.76. The molecule has 0 aromatic heterocycles. The molecule has 1 heterocycles. The van der Waals surface area contributed by atoms with Crippen LogP contribution in [0.1, 0.15) is 11.6 Å². The van der Waals surface area contributed by atoms with Crippen molar-refractivity contribution in [2.24, 2.45) is 0 Å². The van der Waals surface area contributed by atoms with Crippen LogP contribution in [0.25, 0.3) is 0 Å². The van der Waals surface area contributed by atoms with Gasteiger partial charge in [0.15, 0.2) is 5.11 Å². The minimum atomic E-state index is -2.84. The number of benzene rings is 2. The van der Waals surface area contributed by atoms with Crippen LogP contribution in [0.4, 0.5) is 14.5 Å². The van der Waals surface area contributed by atoms with Gasteiger partial charge in [0.25, 0.3) is 0 Å². The standard InChI is InChI=1S/C20H23F2N3O2S/c21-19(22)27-17-8-6-16(7-9-17)23-20(28)24-18(15-4-2-1-3-5-15)14-25-10-12-26-13-11-25/h1-9,18-19H,10-14H2,(H2,23,24,28)/p+1/t18-/m0/s1. The summed E-state index contributed by atoms with van der Waals surface area (Å²) in [5.74, 6) is 0.109. The monoisotopic (exact) mass is 408 g/mol. The van der Waals surface area contributed by atoms with Gasteiger partial charge in [-0.15, -0.1) is 0 Å². The van der Waals surface area contributed by atoms with Gasteiger partial charge in [0.2, 0.25) is 0 Å². The number of morpholine rings is 1. The molecule has 0 aliphatic carbocycles. The van der Waals surface area contributed by atoms with Gasteiger partial charge in [-0.05, 0) is 42.0 Å². The van der Waals surface area contributed by atoms with E-state index in [2.05, 4.69) is 27.5 Å². The Bertz CT molecular complexity index is 741. The molecule has 3 rings (SSSR count). The van der Waals surface area contributed by atoms with Crippen LogP contribution in [-0.4, -0.2) is 44.6 Å². The van der Waals surface area contributed by atoms with Gasteiger partial charge in [-0.25, -0.2) is 0 Å². The van der Waals surface area contributed by atoms with Crippen LogP contribution in [0.3, 0.4) is 0 Å². The summed E-state index contributed by atoms with van der Waals surface area (Å²) in [6, 6.07) is 16.5. The van der Waals surface area contributed by atoms with Crippen molar-refractivity contribution >= 4 is 23.0 Å². The lowest BCUT2D eigenvalue weighted by Gasteiger charge is -2.29. The lowest BCUT2D eigenvalue weighted by molar-refractivity contribution is -0.909. The zero-order valence-corrected chi connectivity index (χ0v) is 16.2. The van der Waals surface area contributed by atoms with E-state index < -0.39 is 6.61 Å². The Morgan fingerprint density at radius 2 is 1.75 bits per heavy atom. The fraction of sp³-hybridized carbons (Fsp3) is 0.350. The SMILES string of the molecule is FC(F)Oc1ccc(NC(=S)N[C@@H](C[NH+]2CCOCC2)c2ccccc2)cc1. The van der Waals surface area contributed by atoms with Crippen LogP contribution in [-0.2, 0) is 4.74 Å². The number of anilines is 1. The molecule has 8 heteroatoms. The van der Waals surface area contributed by atoms with E-state index in [4.69, 9.17) is 17.0 Å². The summed E-state index contributed by atoms with van der Waals surface area (Å²) < 4.78 is 34.3. The average molecular weight is 408 g/mol. The second-order valence-corrected chi connectivity index (χ2v) is 6.94. The van der Waals surface area contributed by atoms with E-state index >= 15 is 0 Å². The Labute approximate surface area is 168 Å². The Morgan fingerprint density at radius 3 is 2.39 bits per heavy atom. The van der Waals surface area contributed by atoms with E-state index in [0.29, 0.717) is 10.8 Å². The van der Waals surface area contributed by atoms with Crippen LogP contribution in [0.5, 0.6) is 5.75 Å². The van der Waals surface area contributed by atoms with Crippen molar-refractivity contribution in [2.75, 3.05) is 38.2 Å². The molecule has 0 saturated carbocycles. The molecule has 2 aromatic carbocycles. The highest BCUT2D eigenvalue weighted by Gasteiger charge is 2.22. The summed E-state index contributed by atoms with van der Waals surface area (Å²) in [5, 5.41) is 6.96. The summed E-state index contributed by atoms with van der Waals surface area (Å²) >= 11 is 5.48. The van der Waals surface area contributed by atoms with E-state index in [1.54, 1.807) is 12.1 Å². The number of rotatable bonds is 7. The lowest BCUT2D eigenvalue weighted by Crippen LogP contribution is -3.14. The van der Waals surface area contributed by atoms with Gasteiger partial charge in [0.05, 0.1) is 13.2 Å². The maximum absolute atomic E-state index is 12.2. The van der Waals surface area contributed by atoms with Crippen molar-refractivity contribution in [2.45, 2.75) is 12.7 Å². The first-order chi connectivity index (χ1) is 13.6. The van der Waals surface area contributed by atoms with Gasteiger partial charge in [-0.3, -0.25) is 0 Å². The molecule has 1 saturated heterocycles. The molecule has 0 bridgehead atoms. The molecule has 1 aliphatic heterocycles. The fourth-order valence-electron chi connectivity index (χ4n) is 3.14. The lowest BCUT2D eigenvalue weighted by atomic mass is 10.1. The highest BCUT2D eigenvalue weighted by Crippen LogP contribution is 2.18. The number of hydrogen-bond donors (Lipinski definition) is 3. The predicted molar refractivity (Wildman–Crippen MR) is 108 cm³/mol. The molecule has 28 heavy (non-hydrogen) atoms. The molecule has 0 unspecified atom stereocenters. The quantitative estimate of drug-likeness (QED) is 0.614. The molecular formula is C20H24F2N3O2S+. The van der Waals surface area contributed by atoms with Crippen molar-refractivity contribution in [3.05, 3.63) is 60.2 Å². The van der Waals surface area contributed by atoms with Gasteiger partial charge in [0, 0.05) is 5.69 Å². The van der Waals surface area contributed by atoms with E-state index in [0.717, 1.165) is 38.4 Å². The van der Waals surface area contributed by atoms with Crippen molar-refractivity contribution in [1.29, 1.82) is 0 Å². The number of nitrogens with one attached hydrogen (secondary N) is 3. The van der Waals surface area contributed by atoms with Crippen molar-refractivity contribution < 1.29 is 23.2 Å². The summed E-state index contributed by atoms with van der Waals surface area (Å²) in [6.45, 7) is 1.53. The summed E-state index contributed by atoms with van der Waals surface area (Å²) in [7, 11) is 0. The molecule has 1 aliphatic rings. The normalized spacial score (nSPS) is 15.8. The van der Waals surface area contributed by atoms with Gasteiger partial charge < -0.3 is 25.0 Å². The number of ether oxygens (including phenoxy) is 2. The molecular weight excluding hydrogens is 384 g/mol. The zero-order valence-electron chi connectivity index (χ0n) is 15.4. The molecule has 2 aromatic rings. The number of hydrogen-bond acceptors (Lipinski definition) is 3. The molecule has 1 fully saturated rings. The van der Waals surface area contributed by atoms with E-state index in [1.807, 2.05) is 18.2 Å². The number of thiocarbonyl (C=S) groups is 1. The second kappa shape index (κ2) is 10.3. The van der Waals surface area contributed by atoms with Crippen molar-refractivity contribution in [3.8, 4) is 5.75 Å². The largest absolute Gasteiger partial charge is 0.435 e. The Kier molecular flexibility index (Phi) is 7.53. The first-order valence-electron chi connectivity index (χ1n) is 9.19. The maximum atomic E-state index is 12.2. The predicted octanol–water partition coefficient (Wildman–Crippen LogP) is 2.23. The Hall–Kier alpha value is -2.29. The van der Waals surface area contributed by atoms with E-state index in [-0.39, 0.29) is 11.8 Å². The average Bonchev–Trinajstić information content (AvgIpc) is 2.70. The molecule has 0 amide bonds. The molecule has 150 valence electrons. The summed E-state index contributed by atoms with van der Waals surface area (Å²) in [4.78, 5) is 1.46. The topological polar surface area (TPSA) is 47.0 Å². The first-order valence-corrected chi connectivity index (χ1v) is 9.59. The number of halogens is 2. The fourth-order valence-corrected chi connectivity index (χ4v) is 3.40. The summed E-state index contributed by atoms with van der Waals surface area (Å²) in [6.07, 6.45) is 0. The van der Waals surface area contributed by atoms with Crippen LogP contribution < -0.4 is 20.3 Å². The molecule has 1 atom stereocenters. The summed E-state index contributed by atoms with van der Waals surface area (Å²) in [5.41, 5.74) is 1.86.